The second kappa shape index (κ2) is 13.3. The molecule has 1 aliphatic heterocycles. The highest BCUT2D eigenvalue weighted by molar-refractivity contribution is 14.0. The molecule has 2 amide bonds. The van der Waals surface area contributed by atoms with E-state index < -0.39 is 11.7 Å². The summed E-state index contributed by atoms with van der Waals surface area (Å²) >= 11 is 0. The van der Waals surface area contributed by atoms with Crippen molar-refractivity contribution in [1.29, 1.82) is 0 Å². The van der Waals surface area contributed by atoms with Gasteiger partial charge in [0, 0.05) is 26.2 Å². The lowest BCUT2D eigenvalue weighted by molar-refractivity contribution is -0.119. The Morgan fingerprint density at radius 1 is 1.19 bits per heavy atom. The summed E-state index contributed by atoms with van der Waals surface area (Å²) in [6.07, 6.45) is 0.368. The Kier molecular flexibility index (Phi) is 11.6. The number of hydrogen-bond acceptors (Lipinski definition) is 5. The molecule has 3 N–H and O–H groups in total. The molecule has 1 saturated heterocycles. The van der Waals surface area contributed by atoms with Crippen LogP contribution in [0.3, 0.4) is 0 Å². The molecule has 9 nitrogen and oxygen atoms in total. The third kappa shape index (κ3) is 9.92. The van der Waals surface area contributed by atoms with Gasteiger partial charge in [-0.1, -0.05) is 12.1 Å². The lowest BCUT2D eigenvalue weighted by atomic mass is 10.2. The molecule has 1 aromatic rings. The Bertz CT molecular complexity index is 765. The molecule has 10 heteroatoms. The van der Waals surface area contributed by atoms with Gasteiger partial charge in [-0.15, -0.1) is 24.0 Å². The molecular formula is C22H36IN5O4. The number of nitrogens with one attached hydrogen (secondary N) is 3. The van der Waals surface area contributed by atoms with Crippen LogP contribution in [0.4, 0.5) is 4.79 Å². The zero-order chi connectivity index (χ0) is 22.9. The standard InChI is InChI=1S/C22H35N5O4.HI/c1-6-23-20(27-12-11-17(15-27)26-21(29)31-22(2,3)4)25-14-19(28)24-13-16-7-9-18(30-5)10-8-16;/h7-10,17H,6,11-15H2,1-5H3,(H,23,25)(H,24,28)(H,26,29);1H. The quantitative estimate of drug-likeness (QED) is 0.269. The highest BCUT2D eigenvalue weighted by atomic mass is 127. The Labute approximate surface area is 207 Å². The normalized spacial score (nSPS) is 16.1. The first-order valence-electron chi connectivity index (χ1n) is 10.6. The van der Waals surface area contributed by atoms with Crippen molar-refractivity contribution in [1.82, 2.24) is 20.9 Å². The van der Waals surface area contributed by atoms with Gasteiger partial charge in [0.15, 0.2) is 5.96 Å². The van der Waals surface area contributed by atoms with Crippen LogP contribution in [0, 0.1) is 0 Å². The van der Waals surface area contributed by atoms with Gasteiger partial charge in [0.1, 0.15) is 17.9 Å². The van der Waals surface area contributed by atoms with E-state index in [1.165, 1.54) is 0 Å². The SMILES string of the molecule is CCNC(=NCC(=O)NCc1ccc(OC)cc1)N1CCC(NC(=O)OC(C)(C)C)C1.I. The first-order valence-corrected chi connectivity index (χ1v) is 10.6. The zero-order valence-electron chi connectivity index (χ0n) is 19.6. The molecule has 0 aromatic heterocycles. The molecule has 1 aliphatic rings. The van der Waals surface area contributed by atoms with E-state index in [0.29, 0.717) is 25.6 Å². The number of carbonyl (C=O) groups is 2. The van der Waals surface area contributed by atoms with E-state index in [9.17, 15) is 9.59 Å². The molecule has 32 heavy (non-hydrogen) atoms. The van der Waals surface area contributed by atoms with Gasteiger partial charge in [-0.2, -0.15) is 0 Å². The number of benzene rings is 1. The van der Waals surface area contributed by atoms with Crippen LogP contribution in [0.25, 0.3) is 0 Å². The Morgan fingerprint density at radius 3 is 2.47 bits per heavy atom. The van der Waals surface area contributed by atoms with Crippen LogP contribution in [0.15, 0.2) is 29.3 Å². The molecule has 0 bridgehead atoms. The van der Waals surface area contributed by atoms with E-state index >= 15 is 0 Å². The summed E-state index contributed by atoms with van der Waals surface area (Å²) < 4.78 is 10.5. The number of carbonyl (C=O) groups excluding carboxylic acids is 2. The Morgan fingerprint density at radius 2 is 1.88 bits per heavy atom. The number of rotatable bonds is 7. The maximum Gasteiger partial charge on any atom is 0.407 e. The molecule has 1 heterocycles. The number of aliphatic imine (C=N–C) groups is 1. The van der Waals surface area contributed by atoms with Crippen LogP contribution in [0.1, 0.15) is 39.7 Å². The van der Waals surface area contributed by atoms with Gasteiger partial charge in [-0.05, 0) is 51.8 Å². The number of alkyl carbamates (subject to hydrolysis) is 1. The summed E-state index contributed by atoms with van der Waals surface area (Å²) in [6, 6.07) is 7.52. The Hall–Kier alpha value is -2.24. The highest BCUT2D eigenvalue weighted by Gasteiger charge is 2.27. The van der Waals surface area contributed by atoms with Crippen molar-refractivity contribution in [2.45, 2.75) is 52.3 Å². The van der Waals surface area contributed by atoms with E-state index in [-0.39, 0.29) is 42.5 Å². The molecule has 0 spiro atoms. The van der Waals surface area contributed by atoms with Crippen LogP contribution in [-0.4, -0.2) is 67.8 Å². The largest absolute Gasteiger partial charge is 0.497 e. The Balaban J connectivity index is 0.00000512. The fraction of sp³-hybridized carbons (Fsp3) is 0.591. The minimum absolute atomic E-state index is 0. The topological polar surface area (TPSA) is 104 Å². The average Bonchev–Trinajstić information content (AvgIpc) is 3.16. The van der Waals surface area contributed by atoms with E-state index in [4.69, 9.17) is 9.47 Å². The molecule has 2 rings (SSSR count). The number of likely N-dealkylation sites (tertiary alicyclic amines) is 1. The minimum atomic E-state index is -0.530. The summed E-state index contributed by atoms with van der Waals surface area (Å²) in [5.41, 5.74) is 0.457. The summed E-state index contributed by atoms with van der Waals surface area (Å²) in [4.78, 5) is 30.7. The molecule has 1 aromatic carbocycles. The molecule has 1 atom stereocenters. The lowest BCUT2D eigenvalue weighted by Crippen LogP contribution is -2.44. The van der Waals surface area contributed by atoms with Crippen LogP contribution in [0.5, 0.6) is 5.75 Å². The van der Waals surface area contributed by atoms with Gasteiger partial charge >= 0.3 is 6.09 Å². The predicted octanol–water partition coefficient (Wildman–Crippen LogP) is 2.49. The number of nitrogens with zero attached hydrogens (tertiary/aromatic N) is 2. The summed E-state index contributed by atoms with van der Waals surface area (Å²) in [7, 11) is 1.62. The second-order valence-electron chi connectivity index (χ2n) is 8.37. The van der Waals surface area contributed by atoms with Gasteiger partial charge in [-0.25, -0.2) is 9.79 Å². The van der Waals surface area contributed by atoms with Gasteiger partial charge in [0.2, 0.25) is 5.91 Å². The summed E-state index contributed by atoms with van der Waals surface area (Å²) in [5, 5.41) is 8.99. The lowest BCUT2D eigenvalue weighted by Gasteiger charge is -2.23. The molecule has 1 fully saturated rings. The van der Waals surface area contributed by atoms with Crippen molar-refractivity contribution in [3.05, 3.63) is 29.8 Å². The highest BCUT2D eigenvalue weighted by Crippen LogP contribution is 2.13. The summed E-state index contributed by atoms with van der Waals surface area (Å²) in [6.45, 7) is 9.98. The van der Waals surface area contributed by atoms with Crippen molar-refractivity contribution < 1.29 is 19.1 Å². The third-order valence-electron chi connectivity index (χ3n) is 4.56. The van der Waals surface area contributed by atoms with Crippen molar-refractivity contribution in [3.63, 3.8) is 0 Å². The maximum atomic E-state index is 12.2. The van der Waals surface area contributed by atoms with E-state index in [1.54, 1.807) is 7.11 Å². The number of methoxy groups -OCH3 is 1. The van der Waals surface area contributed by atoms with Gasteiger partial charge in [-0.3, -0.25) is 4.79 Å². The van der Waals surface area contributed by atoms with Crippen molar-refractivity contribution in [2.75, 3.05) is 33.3 Å². The molecule has 1 unspecified atom stereocenters. The first kappa shape index (κ1) is 27.8. The monoisotopic (exact) mass is 561 g/mol. The first-order chi connectivity index (χ1) is 14.7. The van der Waals surface area contributed by atoms with E-state index in [0.717, 1.165) is 24.3 Å². The number of ether oxygens (including phenoxy) is 2. The maximum absolute atomic E-state index is 12.2. The van der Waals surface area contributed by atoms with Crippen LogP contribution in [-0.2, 0) is 16.1 Å². The number of halogens is 1. The molecule has 180 valence electrons. The smallest absolute Gasteiger partial charge is 0.407 e. The van der Waals surface area contributed by atoms with Crippen LogP contribution >= 0.6 is 24.0 Å². The second-order valence-corrected chi connectivity index (χ2v) is 8.37. The molecule has 0 aliphatic carbocycles. The van der Waals surface area contributed by atoms with E-state index in [1.807, 2.05) is 56.9 Å². The van der Waals surface area contributed by atoms with E-state index in [2.05, 4.69) is 20.9 Å². The third-order valence-corrected chi connectivity index (χ3v) is 4.56. The summed E-state index contributed by atoms with van der Waals surface area (Å²) in [5.74, 6) is 1.28. The molecule has 0 saturated carbocycles. The van der Waals surface area contributed by atoms with Gasteiger partial charge in [0.25, 0.3) is 0 Å². The van der Waals surface area contributed by atoms with Crippen LogP contribution < -0.4 is 20.7 Å². The zero-order valence-corrected chi connectivity index (χ0v) is 21.9. The van der Waals surface area contributed by atoms with Crippen molar-refractivity contribution >= 4 is 41.9 Å². The minimum Gasteiger partial charge on any atom is -0.497 e. The van der Waals surface area contributed by atoms with Gasteiger partial charge < -0.3 is 30.3 Å². The predicted molar refractivity (Wildman–Crippen MR) is 136 cm³/mol. The van der Waals surface area contributed by atoms with Crippen LogP contribution in [0.2, 0.25) is 0 Å². The molecular weight excluding hydrogens is 525 g/mol. The van der Waals surface area contributed by atoms with Crippen molar-refractivity contribution in [2.24, 2.45) is 4.99 Å². The van der Waals surface area contributed by atoms with Gasteiger partial charge in [0.05, 0.1) is 13.2 Å². The fourth-order valence-electron chi connectivity index (χ4n) is 3.12. The number of hydrogen-bond donors (Lipinski definition) is 3. The van der Waals surface area contributed by atoms with Crippen molar-refractivity contribution in [3.8, 4) is 5.75 Å². The number of amides is 2. The average molecular weight is 561 g/mol. The molecule has 0 radical (unpaired) electrons. The fourth-order valence-corrected chi connectivity index (χ4v) is 3.12. The number of guanidine groups is 1.